The molecule has 0 spiro atoms. The standard InChI is InChI=1S/C11H23N/c1-3-11(2)12-9-7-5-4-6-8-10-12/h11H,3-10H2,1-2H3. The van der Waals surface area contributed by atoms with Gasteiger partial charge in [-0.05, 0) is 39.3 Å². The molecule has 1 atom stereocenters. The predicted molar refractivity (Wildman–Crippen MR) is 54.4 cm³/mol. The largest absolute Gasteiger partial charge is 0.301 e. The van der Waals surface area contributed by atoms with Crippen LogP contribution in [0, 0.1) is 0 Å². The van der Waals surface area contributed by atoms with Crippen molar-refractivity contribution in [3.05, 3.63) is 0 Å². The molecule has 0 N–H and O–H groups in total. The minimum atomic E-state index is 0.808. The van der Waals surface area contributed by atoms with Crippen molar-refractivity contribution in [3.63, 3.8) is 0 Å². The highest BCUT2D eigenvalue weighted by Crippen LogP contribution is 2.13. The van der Waals surface area contributed by atoms with E-state index in [0.717, 1.165) is 6.04 Å². The molecule has 1 nitrogen and oxygen atoms in total. The molecule has 1 saturated heterocycles. The molecular weight excluding hydrogens is 146 g/mol. The first-order valence-corrected chi connectivity index (χ1v) is 5.58. The summed E-state index contributed by atoms with van der Waals surface area (Å²) in [7, 11) is 0. The van der Waals surface area contributed by atoms with Gasteiger partial charge in [0, 0.05) is 6.04 Å². The van der Waals surface area contributed by atoms with E-state index in [0.29, 0.717) is 0 Å². The van der Waals surface area contributed by atoms with E-state index < -0.39 is 0 Å². The molecule has 0 aromatic heterocycles. The van der Waals surface area contributed by atoms with Crippen LogP contribution in [0.25, 0.3) is 0 Å². The van der Waals surface area contributed by atoms with E-state index in [2.05, 4.69) is 18.7 Å². The number of hydrogen-bond acceptors (Lipinski definition) is 1. The summed E-state index contributed by atoms with van der Waals surface area (Å²) in [6.07, 6.45) is 8.52. The van der Waals surface area contributed by atoms with Crippen molar-refractivity contribution < 1.29 is 0 Å². The van der Waals surface area contributed by atoms with Gasteiger partial charge in [-0.2, -0.15) is 0 Å². The molecule has 0 bridgehead atoms. The first-order valence-electron chi connectivity index (χ1n) is 5.58. The second-order valence-electron chi connectivity index (χ2n) is 4.06. The predicted octanol–water partition coefficient (Wildman–Crippen LogP) is 3.05. The van der Waals surface area contributed by atoms with Crippen LogP contribution in [0.5, 0.6) is 0 Å². The highest BCUT2D eigenvalue weighted by Gasteiger charge is 2.12. The Kier molecular flexibility index (Phi) is 4.67. The third-order valence-corrected chi connectivity index (χ3v) is 3.10. The Bertz CT molecular complexity index is 104. The van der Waals surface area contributed by atoms with Gasteiger partial charge in [0.2, 0.25) is 0 Å². The normalized spacial score (nSPS) is 24.5. The molecule has 0 aromatic rings. The van der Waals surface area contributed by atoms with Crippen molar-refractivity contribution in [1.82, 2.24) is 4.90 Å². The van der Waals surface area contributed by atoms with E-state index in [1.165, 1.54) is 51.6 Å². The average Bonchev–Trinajstić information content (AvgIpc) is 2.02. The SMILES string of the molecule is CCC(C)N1CCCCCCC1. The van der Waals surface area contributed by atoms with Crippen LogP contribution in [0.4, 0.5) is 0 Å². The number of hydrogen-bond donors (Lipinski definition) is 0. The highest BCUT2D eigenvalue weighted by molar-refractivity contribution is 4.67. The number of rotatable bonds is 2. The quantitative estimate of drug-likeness (QED) is 0.614. The van der Waals surface area contributed by atoms with Gasteiger partial charge in [-0.15, -0.1) is 0 Å². The molecule has 1 aliphatic rings. The molecular formula is C11H23N. The topological polar surface area (TPSA) is 3.24 Å². The summed E-state index contributed by atoms with van der Waals surface area (Å²) in [5, 5.41) is 0. The Morgan fingerprint density at radius 1 is 1.00 bits per heavy atom. The first-order chi connectivity index (χ1) is 5.84. The van der Waals surface area contributed by atoms with Crippen LogP contribution >= 0.6 is 0 Å². The van der Waals surface area contributed by atoms with Crippen molar-refractivity contribution >= 4 is 0 Å². The molecule has 1 aliphatic heterocycles. The monoisotopic (exact) mass is 169 g/mol. The van der Waals surface area contributed by atoms with Crippen LogP contribution in [0.2, 0.25) is 0 Å². The molecule has 0 radical (unpaired) electrons. The van der Waals surface area contributed by atoms with Crippen molar-refractivity contribution in [3.8, 4) is 0 Å². The van der Waals surface area contributed by atoms with E-state index >= 15 is 0 Å². The lowest BCUT2D eigenvalue weighted by Gasteiger charge is -2.29. The van der Waals surface area contributed by atoms with E-state index in [1.807, 2.05) is 0 Å². The molecule has 0 amide bonds. The molecule has 1 unspecified atom stereocenters. The Morgan fingerprint density at radius 2 is 1.50 bits per heavy atom. The van der Waals surface area contributed by atoms with E-state index in [4.69, 9.17) is 0 Å². The Balaban J connectivity index is 2.29. The van der Waals surface area contributed by atoms with Gasteiger partial charge in [-0.1, -0.05) is 26.2 Å². The minimum Gasteiger partial charge on any atom is -0.301 e. The second-order valence-corrected chi connectivity index (χ2v) is 4.06. The van der Waals surface area contributed by atoms with Crippen LogP contribution in [0.1, 0.15) is 52.4 Å². The fourth-order valence-electron chi connectivity index (χ4n) is 1.97. The summed E-state index contributed by atoms with van der Waals surface area (Å²) in [6.45, 7) is 7.34. The molecule has 1 fully saturated rings. The van der Waals surface area contributed by atoms with Crippen LogP contribution in [0.15, 0.2) is 0 Å². The lowest BCUT2D eigenvalue weighted by atomic mass is 10.1. The smallest absolute Gasteiger partial charge is 0.00643 e. The Hall–Kier alpha value is -0.0400. The Labute approximate surface area is 77.1 Å². The summed E-state index contributed by atoms with van der Waals surface area (Å²) >= 11 is 0. The van der Waals surface area contributed by atoms with Crippen LogP contribution in [-0.4, -0.2) is 24.0 Å². The number of likely N-dealkylation sites (tertiary alicyclic amines) is 1. The lowest BCUT2D eigenvalue weighted by Crippen LogP contribution is -2.35. The van der Waals surface area contributed by atoms with Gasteiger partial charge in [0.25, 0.3) is 0 Å². The molecule has 1 heteroatoms. The van der Waals surface area contributed by atoms with E-state index in [9.17, 15) is 0 Å². The highest BCUT2D eigenvalue weighted by atomic mass is 15.1. The second kappa shape index (κ2) is 5.58. The molecule has 0 aromatic carbocycles. The molecule has 0 saturated carbocycles. The van der Waals surface area contributed by atoms with Crippen molar-refractivity contribution in [2.45, 2.75) is 58.4 Å². The van der Waals surface area contributed by atoms with Gasteiger partial charge in [0.05, 0.1) is 0 Å². The Morgan fingerprint density at radius 3 is 2.00 bits per heavy atom. The van der Waals surface area contributed by atoms with E-state index in [1.54, 1.807) is 0 Å². The van der Waals surface area contributed by atoms with Crippen molar-refractivity contribution in [2.75, 3.05) is 13.1 Å². The van der Waals surface area contributed by atoms with E-state index in [-0.39, 0.29) is 0 Å². The average molecular weight is 169 g/mol. The van der Waals surface area contributed by atoms with Gasteiger partial charge >= 0.3 is 0 Å². The van der Waals surface area contributed by atoms with Gasteiger partial charge in [0.15, 0.2) is 0 Å². The zero-order valence-electron chi connectivity index (χ0n) is 8.68. The van der Waals surface area contributed by atoms with Crippen molar-refractivity contribution in [2.24, 2.45) is 0 Å². The van der Waals surface area contributed by atoms with Gasteiger partial charge in [-0.25, -0.2) is 0 Å². The van der Waals surface area contributed by atoms with Gasteiger partial charge in [-0.3, -0.25) is 0 Å². The van der Waals surface area contributed by atoms with Crippen molar-refractivity contribution in [1.29, 1.82) is 0 Å². The lowest BCUT2D eigenvalue weighted by molar-refractivity contribution is 0.186. The maximum Gasteiger partial charge on any atom is 0.00643 e. The summed E-state index contributed by atoms with van der Waals surface area (Å²) in [6, 6.07) is 0.808. The van der Waals surface area contributed by atoms with Crippen LogP contribution in [-0.2, 0) is 0 Å². The third-order valence-electron chi connectivity index (χ3n) is 3.10. The fraction of sp³-hybridized carbons (Fsp3) is 1.00. The third kappa shape index (κ3) is 3.14. The maximum absolute atomic E-state index is 2.67. The van der Waals surface area contributed by atoms with Crippen LogP contribution in [0.3, 0.4) is 0 Å². The maximum atomic E-state index is 2.67. The zero-order valence-corrected chi connectivity index (χ0v) is 8.68. The van der Waals surface area contributed by atoms with Gasteiger partial charge < -0.3 is 4.90 Å². The molecule has 1 heterocycles. The summed E-state index contributed by atoms with van der Waals surface area (Å²) < 4.78 is 0. The molecule has 0 aliphatic carbocycles. The molecule has 1 rings (SSSR count). The summed E-state index contributed by atoms with van der Waals surface area (Å²) in [5.74, 6) is 0. The minimum absolute atomic E-state index is 0.808. The fourth-order valence-corrected chi connectivity index (χ4v) is 1.97. The molecule has 72 valence electrons. The summed E-state index contributed by atoms with van der Waals surface area (Å²) in [5.41, 5.74) is 0. The van der Waals surface area contributed by atoms with Gasteiger partial charge in [0.1, 0.15) is 0 Å². The first kappa shape index (κ1) is 10.0. The zero-order chi connectivity index (χ0) is 8.81. The van der Waals surface area contributed by atoms with Crippen LogP contribution < -0.4 is 0 Å². The number of nitrogens with zero attached hydrogens (tertiary/aromatic N) is 1. The molecule has 12 heavy (non-hydrogen) atoms. The summed E-state index contributed by atoms with van der Waals surface area (Å²) in [4.78, 5) is 2.67.